The molecule has 1 aromatic carbocycles. The average Bonchev–Trinajstić information content (AvgIpc) is 2.57. The molecule has 0 saturated heterocycles. The molecule has 0 N–H and O–H groups in total. The first-order chi connectivity index (χ1) is 8.54. The minimum Gasteiger partial charge on any atom is -0.299 e. The van der Waals surface area contributed by atoms with Crippen LogP contribution in [0.1, 0.15) is 21.1 Å². The minimum absolute atomic E-state index is 0.172. The second-order valence-corrected chi connectivity index (χ2v) is 6.00. The molecule has 0 aliphatic heterocycles. The van der Waals surface area contributed by atoms with Gasteiger partial charge in [0.05, 0.1) is 12.1 Å². The van der Waals surface area contributed by atoms with E-state index in [4.69, 9.17) is 11.6 Å². The fourth-order valence-corrected chi connectivity index (χ4v) is 2.90. The first kappa shape index (κ1) is 13.2. The van der Waals surface area contributed by atoms with Crippen molar-refractivity contribution in [3.63, 3.8) is 0 Å². The van der Waals surface area contributed by atoms with Crippen molar-refractivity contribution in [1.29, 1.82) is 0 Å². The van der Waals surface area contributed by atoms with Crippen LogP contribution in [0.15, 0.2) is 24.3 Å². The number of thiazole rings is 1. The Morgan fingerprint density at radius 3 is 2.72 bits per heavy atom. The molecule has 0 aliphatic carbocycles. The van der Waals surface area contributed by atoms with Crippen LogP contribution >= 0.6 is 22.9 Å². The zero-order valence-electron chi connectivity index (χ0n) is 10.4. The number of ketones is 1. The molecule has 0 atom stereocenters. The van der Waals surface area contributed by atoms with Crippen LogP contribution in [-0.4, -0.2) is 10.8 Å². The van der Waals surface area contributed by atoms with Gasteiger partial charge in [0.25, 0.3) is 0 Å². The number of nitrogens with zero attached hydrogens (tertiary/aromatic N) is 1. The van der Waals surface area contributed by atoms with Gasteiger partial charge in [-0.05, 0) is 31.5 Å². The Morgan fingerprint density at radius 2 is 2.11 bits per heavy atom. The van der Waals surface area contributed by atoms with Gasteiger partial charge < -0.3 is 0 Å². The van der Waals surface area contributed by atoms with Crippen LogP contribution in [-0.2, 0) is 17.6 Å². The molecular formula is C14H14ClNOS. The Hall–Kier alpha value is -1.19. The molecule has 94 valence electrons. The number of benzene rings is 1. The average molecular weight is 280 g/mol. The van der Waals surface area contributed by atoms with E-state index in [2.05, 4.69) is 4.98 Å². The highest BCUT2D eigenvalue weighted by molar-refractivity contribution is 7.11. The highest BCUT2D eigenvalue weighted by Gasteiger charge is 2.10. The molecule has 0 fully saturated rings. The Kier molecular flexibility index (Phi) is 4.15. The number of hydrogen-bond acceptors (Lipinski definition) is 3. The molecule has 0 saturated carbocycles. The molecule has 4 heteroatoms. The lowest BCUT2D eigenvalue weighted by Crippen LogP contribution is -2.06. The van der Waals surface area contributed by atoms with Crippen molar-refractivity contribution < 1.29 is 4.79 Å². The molecular weight excluding hydrogens is 266 g/mol. The van der Waals surface area contributed by atoms with Gasteiger partial charge in [0.2, 0.25) is 0 Å². The van der Waals surface area contributed by atoms with Gasteiger partial charge in [-0.2, -0.15) is 0 Å². The Labute approximate surface area is 116 Å². The van der Waals surface area contributed by atoms with Crippen LogP contribution in [0.4, 0.5) is 0 Å². The van der Waals surface area contributed by atoms with Crippen molar-refractivity contribution in [2.75, 3.05) is 0 Å². The lowest BCUT2D eigenvalue weighted by Gasteiger charge is -2.00. The fraction of sp³-hybridized carbons (Fsp3) is 0.286. The number of carbonyl (C=O) groups is 1. The maximum Gasteiger partial charge on any atom is 0.144 e. The summed E-state index contributed by atoms with van der Waals surface area (Å²) in [6.45, 7) is 3.99. The number of hydrogen-bond donors (Lipinski definition) is 0. The van der Waals surface area contributed by atoms with Crippen LogP contribution < -0.4 is 0 Å². The summed E-state index contributed by atoms with van der Waals surface area (Å²) in [5.41, 5.74) is 1.98. The van der Waals surface area contributed by atoms with Crippen molar-refractivity contribution in [3.8, 4) is 0 Å². The number of aryl methyl sites for hydroxylation is 2. The molecule has 0 radical (unpaired) electrons. The third-order valence-corrected chi connectivity index (χ3v) is 4.02. The summed E-state index contributed by atoms with van der Waals surface area (Å²) >= 11 is 7.49. The lowest BCUT2D eigenvalue weighted by atomic mass is 10.1. The third kappa shape index (κ3) is 3.40. The normalized spacial score (nSPS) is 10.6. The van der Waals surface area contributed by atoms with E-state index in [0.29, 0.717) is 17.9 Å². The van der Waals surface area contributed by atoms with E-state index >= 15 is 0 Å². The molecule has 0 amide bonds. The van der Waals surface area contributed by atoms with Gasteiger partial charge >= 0.3 is 0 Å². The van der Waals surface area contributed by atoms with Gasteiger partial charge in [-0.15, -0.1) is 11.3 Å². The predicted molar refractivity (Wildman–Crippen MR) is 75.5 cm³/mol. The van der Waals surface area contributed by atoms with E-state index in [9.17, 15) is 4.79 Å². The SMILES string of the molecule is Cc1nc(CC(=O)Cc2cccc(Cl)c2)sc1C. The van der Waals surface area contributed by atoms with E-state index in [0.717, 1.165) is 16.3 Å². The maximum absolute atomic E-state index is 11.9. The number of halogens is 1. The zero-order valence-corrected chi connectivity index (χ0v) is 11.9. The van der Waals surface area contributed by atoms with E-state index < -0.39 is 0 Å². The van der Waals surface area contributed by atoms with Gasteiger partial charge in [0, 0.05) is 16.3 Å². The number of rotatable bonds is 4. The quantitative estimate of drug-likeness (QED) is 0.853. The Bertz CT molecular complexity index is 557. The Morgan fingerprint density at radius 1 is 1.33 bits per heavy atom. The Balaban J connectivity index is 2.01. The molecule has 18 heavy (non-hydrogen) atoms. The van der Waals surface area contributed by atoms with Gasteiger partial charge in [0.15, 0.2) is 0 Å². The summed E-state index contributed by atoms with van der Waals surface area (Å²) in [5, 5.41) is 1.57. The molecule has 0 spiro atoms. The first-order valence-electron chi connectivity index (χ1n) is 5.73. The van der Waals surface area contributed by atoms with E-state index in [-0.39, 0.29) is 5.78 Å². The summed E-state index contributed by atoms with van der Waals surface area (Å²) in [7, 11) is 0. The summed E-state index contributed by atoms with van der Waals surface area (Å²) in [6.07, 6.45) is 0.824. The summed E-state index contributed by atoms with van der Waals surface area (Å²) in [4.78, 5) is 17.5. The molecule has 0 bridgehead atoms. The van der Waals surface area contributed by atoms with Crippen molar-refractivity contribution >= 4 is 28.7 Å². The van der Waals surface area contributed by atoms with Crippen molar-refractivity contribution in [2.24, 2.45) is 0 Å². The van der Waals surface area contributed by atoms with Crippen molar-refractivity contribution in [2.45, 2.75) is 26.7 Å². The van der Waals surface area contributed by atoms with Crippen LogP contribution in [0.3, 0.4) is 0 Å². The van der Waals surface area contributed by atoms with Gasteiger partial charge in [-0.25, -0.2) is 4.98 Å². The maximum atomic E-state index is 11.9. The number of Topliss-reactive ketones (excluding diaryl/α,β-unsaturated/α-hetero) is 1. The standard InChI is InChI=1S/C14H14ClNOS/c1-9-10(2)18-14(16-9)8-13(17)7-11-4-3-5-12(15)6-11/h3-6H,7-8H2,1-2H3. The molecule has 2 nitrogen and oxygen atoms in total. The van der Waals surface area contributed by atoms with Crippen LogP contribution in [0.25, 0.3) is 0 Å². The highest BCUT2D eigenvalue weighted by atomic mass is 35.5. The van der Waals surface area contributed by atoms with E-state index in [1.54, 1.807) is 11.3 Å². The van der Waals surface area contributed by atoms with Gasteiger partial charge in [-0.1, -0.05) is 23.7 Å². The summed E-state index contributed by atoms with van der Waals surface area (Å²) in [5.74, 6) is 0.172. The largest absolute Gasteiger partial charge is 0.299 e. The van der Waals surface area contributed by atoms with Gasteiger partial charge in [0.1, 0.15) is 10.8 Å². The number of aromatic nitrogens is 1. The number of carbonyl (C=O) groups excluding carboxylic acids is 1. The molecule has 0 unspecified atom stereocenters. The van der Waals surface area contributed by atoms with Gasteiger partial charge in [-0.3, -0.25) is 4.79 Å². The first-order valence-corrected chi connectivity index (χ1v) is 6.93. The molecule has 2 aromatic rings. The molecule has 1 heterocycles. The van der Waals surface area contributed by atoms with E-state index in [1.165, 1.54) is 4.88 Å². The highest BCUT2D eigenvalue weighted by Crippen LogP contribution is 2.18. The minimum atomic E-state index is 0.172. The third-order valence-electron chi connectivity index (χ3n) is 2.71. The smallest absolute Gasteiger partial charge is 0.144 e. The van der Waals surface area contributed by atoms with Crippen molar-refractivity contribution in [1.82, 2.24) is 4.98 Å². The zero-order chi connectivity index (χ0) is 13.1. The molecule has 0 aliphatic rings. The second-order valence-electron chi connectivity index (χ2n) is 4.27. The topological polar surface area (TPSA) is 30.0 Å². The predicted octanol–water partition coefficient (Wildman–Crippen LogP) is 3.77. The molecule has 1 aromatic heterocycles. The second kappa shape index (κ2) is 5.63. The fourth-order valence-electron chi connectivity index (χ4n) is 1.72. The summed E-state index contributed by atoms with van der Waals surface area (Å²) in [6, 6.07) is 7.42. The van der Waals surface area contributed by atoms with E-state index in [1.807, 2.05) is 38.1 Å². The van der Waals surface area contributed by atoms with Crippen LogP contribution in [0.2, 0.25) is 5.02 Å². The monoisotopic (exact) mass is 279 g/mol. The lowest BCUT2D eigenvalue weighted by molar-refractivity contribution is -0.117. The van der Waals surface area contributed by atoms with Crippen LogP contribution in [0.5, 0.6) is 0 Å². The van der Waals surface area contributed by atoms with Crippen molar-refractivity contribution in [3.05, 3.63) is 50.4 Å². The van der Waals surface area contributed by atoms with Crippen LogP contribution in [0, 0.1) is 13.8 Å². The summed E-state index contributed by atoms with van der Waals surface area (Å²) < 4.78 is 0. The molecule has 2 rings (SSSR count).